The van der Waals surface area contributed by atoms with Crippen molar-refractivity contribution in [1.82, 2.24) is 19.9 Å². The lowest BCUT2D eigenvalue weighted by atomic mass is 10.1. The van der Waals surface area contributed by atoms with Crippen molar-refractivity contribution in [3.05, 3.63) is 77.4 Å². The van der Waals surface area contributed by atoms with Gasteiger partial charge in [0.25, 0.3) is 0 Å². The molecule has 3 heterocycles. The van der Waals surface area contributed by atoms with Crippen molar-refractivity contribution in [2.75, 3.05) is 31.6 Å². The molecular weight excluding hydrogens is 418 g/mol. The fourth-order valence-corrected chi connectivity index (χ4v) is 4.83. The zero-order valence-corrected chi connectivity index (χ0v) is 18.8. The molecule has 2 aromatic heterocycles. The summed E-state index contributed by atoms with van der Waals surface area (Å²) in [5.41, 5.74) is 4.12. The molecule has 2 aromatic carbocycles. The van der Waals surface area contributed by atoms with Gasteiger partial charge in [0.05, 0.1) is 24.6 Å². The van der Waals surface area contributed by atoms with Crippen molar-refractivity contribution in [1.29, 1.82) is 0 Å². The summed E-state index contributed by atoms with van der Waals surface area (Å²) in [6.07, 6.45) is 0. The molecule has 0 aliphatic carbocycles. The van der Waals surface area contributed by atoms with Crippen molar-refractivity contribution in [3.8, 4) is 22.5 Å². The summed E-state index contributed by atoms with van der Waals surface area (Å²) in [7, 11) is 0. The van der Waals surface area contributed by atoms with Crippen molar-refractivity contribution in [2.24, 2.45) is 0 Å². The smallest absolute Gasteiger partial charge is 0.189 e. The molecule has 0 amide bonds. The number of nitrogens with one attached hydrogen (secondary N) is 1. The van der Waals surface area contributed by atoms with Crippen molar-refractivity contribution >= 4 is 22.3 Å². The molecule has 4 aromatic rings. The lowest BCUT2D eigenvalue weighted by Gasteiger charge is -2.26. The third kappa shape index (κ3) is 4.85. The van der Waals surface area contributed by atoms with Gasteiger partial charge in [0.1, 0.15) is 11.6 Å². The number of aromatic nitrogens is 3. The van der Waals surface area contributed by atoms with Gasteiger partial charge in [-0.25, -0.2) is 15.0 Å². The summed E-state index contributed by atoms with van der Waals surface area (Å²) >= 11 is 1.69. The summed E-state index contributed by atoms with van der Waals surface area (Å²) in [6.45, 7) is 6.24. The summed E-state index contributed by atoms with van der Waals surface area (Å²) in [5, 5.41) is 4.27. The van der Waals surface area contributed by atoms with Crippen LogP contribution < -0.4 is 5.32 Å². The lowest BCUT2D eigenvalue weighted by Crippen LogP contribution is -2.35. The molecule has 6 nitrogen and oxygen atoms in total. The zero-order chi connectivity index (χ0) is 21.8. The molecule has 162 valence electrons. The standard InChI is InChI=1S/C25H25N5OS/c1-18-26-21(19-8-4-2-5-9-19)16-23(27-18)28-25-29-24(20-10-6-3-7-11-20)22(32-25)17-30-12-14-31-15-13-30/h2-11,16H,12-15,17H2,1H3,(H,26,27,28,29). The Kier molecular flexibility index (Phi) is 6.20. The van der Waals surface area contributed by atoms with Gasteiger partial charge in [0, 0.05) is 41.7 Å². The SMILES string of the molecule is Cc1nc(Nc2nc(-c3ccccc3)c(CN3CCOCC3)s2)cc(-c2ccccc2)n1. The predicted molar refractivity (Wildman–Crippen MR) is 129 cm³/mol. The largest absolute Gasteiger partial charge is 0.379 e. The second-order valence-electron chi connectivity index (χ2n) is 7.72. The van der Waals surface area contributed by atoms with Gasteiger partial charge in [0.15, 0.2) is 5.13 Å². The predicted octanol–water partition coefficient (Wildman–Crippen LogP) is 5.15. The van der Waals surface area contributed by atoms with E-state index in [4.69, 9.17) is 9.72 Å². The van der Waals surface area contributed by atoms with Crippen molar-refractivity contribution in [2.45, 2.75) is 13.5 Å². The monoisotopic (exact) mass is 443 g/mol. The highest BCUT2D eigenvalue weighted by molar-refractivity contribution is 7.16. The van der Waals surface area contributed by atoms with Crippen LogP contribution in [-0.2, 0) is 11.3 Å². The number of thiazole rings is 1. The summed E-state index contributed by atoms with van der Waals surface area (Å²) < 4.78 is 5.51. The maximum atomic E-state index is 5.51. The molecule has 0 bridgehead atoms. The van der Waals surface area contributed by atoms with Crippen molar-refractivity contribution in [3.63, 3.8) is 0 Å². The van der Waals surface area contributed by atoms with E-state index in [0.29, 0.717) is 0 Å². The fraction of sp³-hybridized carbons (Fsp3) is 0.240. The number of morpholine rings is 1. The zero-order valence-electron chi connectivity index (χ0n) is 18.0. The number of rotatable bonds is 6. The quantitative estimate of drug-likeness (QED) is 0.445. The molecule has 1 aliphatic rings. The molecule has 0 atom stereocenters. The van der Waals surface area contributed by atoms with Crippen LogP contribution in [-0.4, -0.2) is 46.2 Å². The first kappa shape index (κ1) is 20.8. The van der Waals surface area contributed by atoms with Gasteiger partial charge < -0.3 is 10.1 Å². The number of hydrogen-bond donors (Lipinski definition) is 1. The van der Waals surface area contributed by atoms with E-state index in [2.05, 4.69) is 56.6 Å². The average Bonchev–Trinajstić information content (AvgIpc) is 3.22. The average molecular weight is 444 g/mol. The van der Waals surface area contributed by atoms with Crippen LogP contribution in [0, 0.1) is 6.92 Å². The van der Waals surface area contributed by atoms with Crippen LogP contribution in [0.4, 0.5) is 10.9 Å². The van der Waals surface area contributed by atoms with Crippen LogP contribution in [0.15, 0.2) is 66.7 Å². The van der Waals surface area contributed by atoms with E-state index in [9.17, 15) is 0 Å². The molecule has 32 heavy (non-hydrogen) atoms. The molecule has 1 aliphatic heterocycles. The molecule has 0 unspecified atom stereocenters. The minimum Gasteiger partial charge on any atom is -0.379 e. The molecule has 1 N–H and O–H groups in total. The number of benzene rings is 2. The Labute approximate surface area is 192 Å². The first-order valence-electron chi connectivity index (χ1n) is 10.8. The number of anilines is 2. The number of ether oxygens (including phenoxy) is 1. The van der Waals surface area contributed by atoms with Crippen LogP contribution in [0.3, 0.4) is 0 Å². The van der Waals surface area contributed by atoms with E-state index >= 15 is 0 Å². The van der Waals surface area contributed by atoms with E-state index in [-0.39, 0.29) is 0 Å². The lowest BCUT2D eigenvalue weighted by molar-refractivity contribution is 0.0347. The molecule has 1 saturated heterocycles. The van der Waals surface area contributed by atoms with Gasteiger partial charge >= 0.3 is 0 Å². The van der Waals surface area contributed by atoms with Gasteiger partial charge in [-0.3, -0.25) is 4.90 Å². The molecule has 7 heteroatoms. The van der Waals surface area contributed by atoms with E-state index in [1.807, 2.05) is 37.3 Å². The highest BCUT2D eigenvalue weighted by Crippen LogP contribution is 2.34. The van der Waals surface area contributed by atoms with Crippen molar-refractivity contribution < 1.29 is 4.74 Å². The third-order valence-corrected chi connectivity index (χ3v) is 6.31. The van der Waals surface area contributed by atoms with Gasteiger partial charge in [-0.05, 0) is 6.92 Å². The van der Waals surface area contributed by atoms with Gasteiger partial charge in [0.2, 0.25) is 0 Å². The molecule has 5 rings (SSSR count). The Balaban J connectivity index is 1.45. The maximum absolute atomic E-state index is 5.51. The highest BCUT2D eigenvalue weighted by Gasteiger charge is 2.18. The first-order valence-corrected chi connectivity index (χ1v) is 11.6. The Morgan fingerprint density at radius 1 is 0.906 bits per heavy atom. The molecule has 0 spiro atoms. The molecule has 1 fully saturated rings. The van der Waals surface area contributed by atoms with E-state index in [1.54, 1.807) is 11.3 Å². The third-order valence-electron chi connectivity index (χ3n) is 5.36. The van der Waals surface area contributed by atoms with E-state index < -0.39 is 0 Å². The minimum absolute atomic E-state index is 0.724. The normalized spacial score (nSPS) is 14.4. The second kappa shape index (κ2) is 9.56. The first-order chi connectivity index (χ1) is 15.7. The summed E-state index contributed by atoms with van der Waals surface area (Å²) in [6, 6.07) is 22.5. The maximum Gasteiger partial charge on any atom is 0.189 e. The Bertz CT molecular complexity index is 1170. The van der Waals surface area contributed by atoms with E-state index in [1.165, 1.54) is 4.88 Å². The molecule has 0 saturated carbocycles. The minimum atomic E-state index is 0.724. The van der Waals surface area contributed by atoms with Gasteiger partial charge in [-0.15, -0.1) is 0 Å². The van der Waals surface area contributed by atoms with E-state index in [0.717, 1.165) is 72.1 Å². The Morgan fingerprint density at radius 3 is 2.31 bits per heavy atom. The summed E-state index contributed by atoms with van der Waals surface area (Å²) in [4.78, 5) is 17.8. The summed E-state index contributed by atoms with van der Waals surface area (Å²) in [5.74, 6) is 1.48. The van der Waals surface area contributed by atoms with Gasteiger partial charge in [-0.2, -0.15) is 0 Å². The number of hydrogen-bond acceptors (Lipinski definition) is 7. The van der Waals surface area contributed by atoms with Gasteiger partial charge in [-0.1, -0.05) is 72.0 Å². The Hall–Kier alpha value is -3.13. The van der Waals surface area contributed by atoms with Crippen LogP contribution in [0.1, 0.15) is 10.7 Å². The number of aryl methyl sites for hydroxylation is 1. The van der Waals surface area contributed by atoms with Crippen LogP contribution in [0.2, 0.25) is 0 Å². The van der Waals surface area contributed by atoms with Crippen LogP contribution in [0.5, 0.6) is 0 Å². The molecule has 0 radical (unpaired) electrons. The Morgan fingerprint density at radius 2 is 1.59 bits per heavy atom. The number of nitrogens with zero attached hydrogens (tertiary/aromatic N) is 4. The molecular formula is C25H25N5OS. The topological polar surface area (TPSA) is 63.2 Å². The van der Waals surface area contributed by atoms with Crippen LogP contribution in [0.25, 0.3) is 22.5 Å². The van der Waals surface area contributed by atoms with Crippen LogP contribution >= 0.6 is 11.3 Å². The second-order valence-corrected chi connectivity index (χ2v) is 8.81. The fourth-order valence-electron chi connectivity index (χ4n) is 3.79. The highest BCUT2D eigenvalue weighted by atomic mass is 32.1.